The highest BCUT2D eigenvalue weighted by atomic mass is 16.1. The molecule has 3 aromatic rings. The number of nitrogens with zero attached hydrogens (tertiary/aromatic N) is 4. The monoisotopic (exact) mass is 341 g/mol. The van der Waals surface area contributed by atoms with E-state index >= 15 is 0 Å². The number of nitrogens with one attached hydrogen (secondary N) is 1. The van der Waals surface area contributed by atoms with E-state index in [0.717, 1.165) is 11.3 Å². The molecule has 0 fully saturated rings. The summed E-state index contributed by atoms with van der Waals surface area (Å²) in [5.74, 6) is -1.18. The summed E-state index contributed by atoms with van der Waals surface area (Å²) in [6, 6.07) is 18.3. The van der Waals surface area contributed by atoms with E-state index in [1.807, 2.05) is 41.1 Å². The SMILES string of the molecule is N#Cc1ccc(CC(C#N)C(=O)Nc2cccc(-n3ccnc3)c2)cc1. The number of carbonyl (C=O) groups excluding carboxylic acids is 1. The highest BCUT2D eigenvalue weighted by molar-refractivity contribution is 5.94. The molecule has 0 saturated carbocycles. The molecule has 6 heteroatoms. The van der Waals surface area contributed by atoms with E-state index in [1.165, 1.54) is 0 Å². The molecule has 126 valence electrons. The van der Waals surface area contributed by atoms with E-state index in [1.54, 1.807) is 42.9 Å². The van der Waals surface area contributed by atoms with Crippen LogP contribution in [0.5, 0.6) is 0 Å². The van der Waals surface area contributed by atoms with Gasteiger partial charge in [0.1, 0.15) is 5.92 Å². The topological polar surface area (TPSA) is 94.5 Å². The van der Waals surface area contributed by atoms with E-state index in [-0.39, 0.29) is 12.3 Å². The predicted octanol–water partition coefficient (Wildman–Crippen LogP) is 3.06. The Kier molecular flexibility index (Phi) is 5.07. The largest absolute Gasteiger partial charge is 0.325 e. The van der Waals surface area contributed by atoms with Gasteiger partial charge in [-0.1, -0.05) is 18.2 Å². The van der Waals surface area contributed by atoms with E-state index < -0.39 is 5.92 Å². The standard InChI is InChI=1S/C20H15N5O/c21-12-16-6-4-15(5-7-16)10-17(13-22)20(26)24-18-2-1-3-19(11-18)25-9-8-23-14-25/h1-9,11,14,17H,10H2,(H,24,26). The first-order valence-corrected chi connectivity index (χ1v) is 7.97. The molecule has 0 saturated heterocycles. The maximum atomic E-state index is 12.5. The smallest absolute Gasteiger partial charge is 0.242 e. The molecular formula is C20H15N5O. The fourth-order valence-corrected chi connectivity index (χ4v) is 2.53. The van der Waals surface area contributed by atoms with Gasteiger partial charge in [0.2, 0.25) is 5.91 Å². The molecule has 0 aliphatic carbocycles. The average molecular weight is 341 g/mol. The van der Waals surface area contributed by atoms with Gasteiger partial charge < -0.3 is 9.88 Å². The molecule has 1 unspecified atom stereocenters. The Morgan fingerprint density at radius 3 is 2.65 bits per heavy atom. The molecule has 1 amide bonds. The molecule has 0 bridgehead atoms. The maximum absolute atomic E-state index is 12.5. The van der Waals surface area contributed by atoms with Gasteiger partial charge in [0.15, 0.2) is 0 Å². The van der Waals surface area contributed by atoms with Gasteiger partial charge in [0.25, 0.3) is 0 Å². The van der Waals surface area contributed by atoms with Crippen LogP contribution < -0.4 is 5.32 Å². The minimum Gasteiger partial charge on any atom is -0.325 e. The van der Waals surface area contributed by atoms with Crippen LogP contribution in [0.1, 0.15) is 11.1 Å². The van der Waals surface area contributed by atoms with Crippen LogP contribution in [0, 0.1) is 28.6 Å². The Hall–Kier alpha value is -3.90. The first-order chi connectivity index (χ1) is 12.7. The second kappa shape index (κ2) is 7.78. The van der Waals surface area contributed by atoms with Crippen molar-refractivity contribution in [3.63, 3.8) is 0 Å². The Labute approximate surface area is 151 Å². The number of amides is 1. The van der Waals surface area contributed by atoms with Crippen molar-refractivity contribution in [2.24, 2.45) is 5.92 Å². The third kappa shape index (κ3) is 3.95. The van der Waals surface area contributed by atoms with Gasteiger partial charge in [-0.15, -0.1) is 0 Å². The number of rotatable bonds is 5. The third-order valence-corrected chi connectivity index (χ3v) is 3.91. The second-order valence-corrected chi connectivity index (χ2v) is 5.70. The number of anilines is 1. The Bertz CT molecular complexity index is 978. The van der Waals surface area contributed by atoms with E-state index in [4.69, 9.17) is 5.26 Å². The molecule has 0 spiro atoms. The molecule has 1 heterocycles. The van der Waals surface area contributed by atoms with E-state index in [0.29, 0.717) is 11.3 Å². The Morgan fingerprint density at radius 1 is 1.19 bits per heavy atom. The number of aromatic nitrogens is 2. The molecule has 6 nitrogen and oxygen atoms in total. The summed E-state index contributed by atoms with van der Waals surface area (Å²) in [4.78, 5) is 16.5. The van der Waals surface area contributed by atoms with Crippen LogP contribution in [-0.4, -0.2) is 15.5 Å². The first-order valence-electron chi connectivity index (χ1n) is 7.97. The van der Waals surface area contributed by atoms with Crippen molar-refractivity contribution in [1.29, 1.82) is 10.5 Å². The number of hydrogen-bond donors (Lipinski definition) is 1. The number of carbonyl (C=O) groups is 1. The summed E-state index contributed by atoms with van der Waals surface area (Å²) in [7, 11) is 0. The van der Waals surface area contributed by atoms with Gasteiger partial charge in [-0.25, -0.2) is 4.98 Å². The van der Waals surface area contributed by atoms with E-state index in [9.17, 15) is 10.1 Å². The van der Waals surface area contributed by atoms with Crippen molar-refractivity contribution in [3.05, 3.63) is 78.4 Å². The highest BCUT2D eigenvalue weighted by Gasteiger charge is 2.18. The molecule has 1 N–H and O–H groups in total. The number of imidazole rings is 1. The molecule has 0 aliphatic heterocycles. The summed E-state index contributed by atoms with van der Waals surface area (Å²) in [5.41, 5.74) is 2.85. The minimum atomic E-state index is -0.820. The lowest BCUT2D eigenvalue weighted by Crippen LogP contribution is -2.23. The fourth-order valence-electron chi connectivity index (χ4n) is 2.53. The lowest BCUT2D eigenvalue weighted by atomic mass is 9.99. The summed E-state index contributed by atoms with van der Waals surface area (Å²) in [5, 5.41) is 21.0. The van der Waals surface area contributed by atoms with Crippen molar-refractivity contribution in [1.82, 2.24) is 9.55 Å². The van der Waals surface area contributed by atoms with Crippen molar-refractivity contribution < 1.29 is 4.79 Å². The van der Waals surface area contributed by atoms with Crippen LogP contribution in [0.4, 0.5) is 5.69 Å². The summed E-state index contributed by atoms with van der Waals surface area (Å²) < 4.78 is 1.83. The van der Waals surface area contributed by atoms with Crippen molar-refractivity contribution >= 4 is 11.6 Å². The zero-order valence-electron chi connectivity index (χ0n) is 13.8. The number of nitriles is 2. The van der Waals surface area contributed by atoms with E-state index in [2.05, 4.69) is 10.3 Å². The van der Waals surface area contributed by atoms with Crippen LogP contribution in [0.3, 0.4) is 0 Å². The third-order valence-electron chi connectivity index (χ3n) is 3.91. The average Bonchev–Trinajstić information content (AvgIpc) is 3.21. The van der Waals surface area contributed by atoms with Crippen LogP contribution in [0.15, 0.2) is 67.3 Å². The van der Waals surface area contributed by atoms with Crippen molar-refractivity contribution in [2.45, 2.75) is 6.42 Å². The van der Waals surface area contributed by atoms with Gasteiger partial charge >= 0.3 is 0 Å². The van der Waals surface area contributed by atoms with Crippen LogP contribution in [0.2, 0.25) is 0 Å². The molecular weight excluding hydrogens is 326 g/mol. The first kappa shape index (κ1) is 16.9. The quantitative estimate of drug-likeness (QED) is 0.771. The molecule has 3 rings (SSSR count). The molecule has 2 aromatic carbocycles. The normalized spacial score (nSPS) is 11.2. The van der Waals surface area contributed by atoms with Gasteiger partial charge in [0, 0.05) is 23.8 Å². The fraction of sp³-hybridized carbons (Fsp3) is 0.100. The van der Waals surface area contributed by atoms with Gasteiger partial charge in [-0.05, 0) is 42.3 Å². The lowest BCUT2D eigenvalue weighted by molar-refractivity contribution is -0.118. The second-order valence-electron chi connectivity index (χ2n) is 5.70. The Balaban J connectivity index is 1.70. The van der Waals surface area contributed by atoms with Crippen LogP contribution in [0.25, 0.3) is 5.69 Å². The lowest BCUT2D eigenvalue weighted by Gasteiger charge is -2.12. The van der Waals surface area contributed by atoms with Crippen molar-refractivity contribution in [3.8, 4) is 17.8 Å². The molecule has 26 heavy (non-hydrogen) atoms. The van der Waals surface area contributed by atoms with Gasteiger partial charge in [-0.2, -0.15) is 10.5 Å². The summed E-state index contributed by atoms with van der Waals surface area (Å²) >= 11 is 0. The molecule has 1 atom stereocenters. The van der Waals surface area contributed by atoms with Gasteiger partial charge in [0.05, 0.1) is 24.0 Å². The van der Waals surface area contributed by atoms with Gasteiger partial charge in [-0.3, -0.25) is 4.79 Å². The Morgan fingerprint density at radius 2 is 2.00 bits per heavy atom. The summed E-state index contributed by atoms with van der Waals surface area (Å²) in [6.07, 6.45) is 5.44. The number of hydrogen-bond acceptors (Lipinski definition) is 4. The maximum Gasteiger partial charge on any atom is 0.242 e. The molecule has 0 aliphatic rings. The zero-order valence-corrected chi connectivity index (χ0v) is 13.8. The van der Waals surface area contributed by atoms with Crippen molar-refractivity contribution in [2.75, 3.05) is 5.32 Å². The van der Waals surface area contributed by atoms with Crippen LogP contribution >= 0.6 is 0 Å². The highest BCUT2D eigenvalue weighted by Crippen LogP contribution is 2.17. The van der Waals surface area contributed by atoms with Crippen LogP contribution in [-0.2, 0) is 11.2 Å². The number of benzene rings is 2. The molecule has 1 aromatic heterocycles. The summed E-state index contributed by atoms with van der Waals surface area (Å²) in [6.45, 7) is 0. The minimum absolute atomic E-state index is 0.287. The predicted molar refractivity (Wildman–Crippen MR) is 96.2 cm³/mol. The molecule has 0 radical (unpaired) electrons. The zero-order chi connectivity index (χ0) is 18.4.